The number of aromatic nitrogens is 1. The first-order valence-corrected chi connectivity index (χ1v) is 11.3. The first kappa shape index (κ1) is 24.3. The number of Topliss-reactive ketones (excluding diaryl/α,β-unsaturated/α-hetero) is 1. The van der Waals surface area contributed by atoms with Gasteiger partial charge in [0.15, 0.2) is 0 Å². The van der Waals surface area contributed by atoms with Crippen molar-refractivity contribution in [2.75, 3.05) is 12.0 Å². The normalized spacial score (nSPS) is 17.6. The fraction of sp³-hybridized carbons (Fsp3) is 0.222. The second-order valence-electron chi connectivity index (χ2n) is 9.25. The number of rotatable bonds is 4. The minimum absolute atomic E-state index is 0.0517. The van der Waals surface area contributed by atoms with Crippen molar-refractivity contribution in [3.8, 4) is 11.5 Å². The number of ketones is 1. The molecule has 1 aliphatic heterocycles. The number of phenolic OH excluding ortho intramolecular Hbond substituents is 1. The van der Waals surface area contributed by atoms with Gasteiger partial charge in [0, 0.05) is 17.4 Å². The van der Waals surface area contributed by atoms with Gasteiger partial charge in [-0.2, -0.15) is 0 Å². The maximum Gasteiger partial charge on any atom is 0.300 e. The molecule has 4 rings (SSSR count). The Kier molecular flexibility index (Phi) is 6.30. The molecule has 0 saturated carbocycles. The van der Waals surface area contributed by atoms with Gasteiger partial charge < -0.3 is 14.9 Å². The Balaban J connectivity index is 2.02. The zero-order valence-electron chi connectivity index (χ0n) is 19.7. The topological polar surface area (TPSA) is 100.0 Å². The van der Waals surface area contributed by atoms with Gasteiger partial charge in [0.1, 0.15) is 17.3 Å². The third-order valence-electron chi connectivity index (χ3n) is 5.98. The van der Waals surface area contributed by atoms with Gasteiger partial charge in [-0.1, -0.05) is 38.4 Å². The molecule has 0 bridgehead atoms. The van der Waals surface area contributed by atoms with Gasteiger partial charge in [0.2, 0.25) is 0 Å². The summed E-state index contributed by atoms with van der Waals surface area (Å²) in [5.41, 5.74) is 1.38. The van der Waals surface area contributed by atoms with E-state index in [0.29, 0.717) is 11.3 Å². The third-order valence-corrected chi connectivity index (χ3v) is 6.22. The highest BCUT2D eigenvalue weighted by molar-refractivity contribution is 6.52. The minimum Gasteiger partial charge on any atom is -0.507 e. The number of aliphatic hydroxyl groups excluding tert-OH is 1. The molecule has 1 aromatic heterocycles. The van der Waals surface area contributed by atoms with E-state index in [1.807, 2.05) is 26.8 Å². The number of amides is 1. The molecule has 1 aliphatic rings. The number of ether oxygens (including phenoxy) is 1. The summed E-state index contributed by atoms with van der Waals surface area (Å²) in [6, 6.07) is 11.8. The lowest BCUT2D eigenvalue weighted by atomic mass is 9.85. The number of hydrogen-bond donors (Lipinski definition) is 2. The van der Waals surface area contributed by atoms with Crippen molar-refractivity contribution in [2.45, 2.75) is 32.2 Å². The molecule has 7 nitrogen and oxygen atoms in total. The van der Waals surface area contributed by atoms with Crippen LogP contribution in [0, 0.1) is 0 Å². The second-order valence-corrected chi connectivity index (χ2v) is 9.68. The highest BCUT2D eigenvalue weighted by atomic mass is 35.5. The van der Waals surface area contributed by atoms with E-state index >= 15 is 0 Å². The lowest BCUT2D eigenvalue weighted by Crippen LogP contribution is -2.29. The SMILES string of the molecule is COc1ccc(C(C)(C)C)cc1/C(O)=C1\C(=O)C(=O)N(c2cc(Cl)ccc2O)C1c1ccncc1. The predicted molar refractivity (Wildman–Crippen MR) is 134 cm³/mol. The Labute approximate surface area is 208 Å². The van der Waals surface area contributed by atoms with Crippen LogP contribution in [0.15, 0.2) is 66.5 Å². The quantitative estimate of drug-likeness (QED) is 0.288. The van der Waals surface area contributed by atoms with E-state index < -0.39 is 17.7 Å². The molecule has 2 N–H and O–H groups in total. The van der Waals surface area contributed by atoms with Crippen LogP contribution < -0.4 is 9.64 Å². The van der Waals surface area contributed by atoms with Crippen molar-refractivity contribution < 1.29 is 24.5 Å². The molecule has 0 aliphatic carbocycles. The summed E-state index contributed by atoms with van der Waals surface area (Å²) in [7, 11) is 1.46. The van der Waals surface area contributed by atoms with Crippen molar-refractivity contribution in [1.82, 2.24) is 4.98 Å². The van der Waals surface area contributed by atoms with Crippen LogP contribution in [-0.2, 0) is 15.0 Å². The first-order valence-electron chi connectivity index (χ1n) is 10.9. The minimum atomic E-state index is -1.04. The summed E-state index contributed by atoms with van der Waals surface area (Å²) in [6.45, 7) is 6.07. The van der Waals surface area contributed by atoms with Crippen LogP contribution in [0.3, 0.4) is 0 Å². The molecule has 1 amide bonds. The molecule has 3 aromatic rings. The van der Waals surface area contributed by atoms with Crippen LogP contribution in [0.25, 0.3) is 5.76 Å². The van der Waals surface area contributed by atoms with Crippen molar-refractivity contribution in [2.24, 2.45) is 0 Å². The monoisotopic (exact) mass is 492 g/mol. The van der Waals surface area contributed by atoms with Crippen molar-refractivity contribution in [3.63, 3.8) is 0 Å². The molecule has 1 atom stereocenters. The average molecular weight is 493 g/mol. The summed E-state index contributed by atoms with van der Waals surface area (Å²) in [6.07, 6.45) is 3.04. The summed E-state index contributed by atoms with van der Waals surface area (Å²) < 4.78 is 5.47. The summed E-state index contributed by atoms with van der Waals surface area (Å²) in [5, 5.41) is 22.3. The Morgan fingerprint density at radius 2 is 1.74 bits per heavy atom. The molecule has 0 radical (unpaired) electrons. The number of pyridine rings is 1. The Morgan fingerprint density at radius 1 is 1.06 bits per heavy atom. The third kappa shape index (κ3) is 4.35. The lowest BCUT2D eigenvalue weighted by molar-refractivity contribution is -0.132. The molecule has 1 saturated heterocycles. The average Bonchev–Trinajstić information content (AvgIpc) is 3.10. The van der Waals surface area contributed by atoms with E-state index in [-0.39, 0.29) is 38.8 Å². The standard InChI is InChI=1S/C27H25ClN2O5/c1-27(2,3)16-5-8-21(35-4)18(13-16)24(32)22-23(15-9-11-29-12-10-15)30(26(34)25(22)33)19-14-17(28)6-7-20(19)31/h5-14,23,31-32H,1-4H3/b24-22+. The lowest BCUT2D eigenvalue weighted by Gasteiger charge is -2.26. The summed E-state index contributed by atoms with van der Waals surface area (Å²) in [4.78, 5) is 31.9. The molecule has 2 heterocycles. The van der Waals surface area contributed by atoms with E-state index in [2.05, 4.69) is 4.98 Å². The fourth-order valence-electron chi connectivity index (χ4n) is 4.14. The molecule has 1 fully saturated rings. The van der Waals surface area contributed by atoms with Crippen LogP contribution in [0.4, 0.5) is 5.69 Å². The number of phenols is 1. The number of aromatic hydroxyl groups is 1. The highest BCUT2D eigenvalue weighted by Crippen LogP contribution is 2.46. The van der Waals surface area contributed by atoms with Gasteiger partial charge in [0.05, 0.1) is 30.0 Å². The van der Waals surface area contributed by atoms with E-state index in [9.17, 15) is 19.8 Å². The zero-order chi connectivity index (χ0) is 25.5. The number of aliphatic hydroxyl groups is 1. The molecule has 8 heteroatoms. The van der Waals surface area contributed by atoms with Gasteiger partial charge in [-0.15, -0.1) is 0 Å². The van der Waals surface area contributed by atoms with Crippen LogP contribution >= 0.6 is 11.6 Å². The Bertz CT molecular complexity index is 1350. The Hall–Kier alpha value is -3.84. The molecule has 0 spiro atoms. The van der Waals surface area contributed by atoms with E-state index in [1.54, 1.807) is 24.3 Å². The summed E-state index contributed by atoms with van der Waals surface area (Å²) >= 11 is 6.15. The number of anilines is 1. The van der Waals surface area contributed by atoms with E-state index in [0.717, 1.165) is 10.5 Å². The van der Waals surface area contributed by atoms with Crippen molar-refractivity contribution in [3.05, 3.63) is 88.2 Å². The van der Waals surface area contributed by atoms with Crippen molar-refractivity contribution >= 4 is 34.7 Å². The van der Waals surface area contributed by atoms with Crippen LogP contribution in [0.5, 0.6) is 11.5 Å². The van der Waals surface area contributed by atoms with Gasteiger partial charge in [-0.05, 0) is 59.0 Å². The number of nitrogens with zero attached hydrogens (tertiary/aromatic N) is 2. The van der Waals surface area contributed by atoms with E-state index in [4.69, 9.17) is 16.3 Å². The molecular formula is C27H25ClN2O5. The molecule has 35 heavy (non-hydrogen) atoms. The number of benzene rings is 2. The molecular weight excluding hydrogens is 468 g/mol. The van der Waals surface area contributed by atoms with Gasteiger partial charge in [-0.25, -0.2) is 0 Å². The highest BCUT2D eigenvalue weighted by Gasteiger charge is 2.48. The zero-order valence-corrected chi connectivity index (χ0v) is 20.5. The van der Waals surface area contributed by atoms with Crippen LogP contribution in [0.1, 0.15) is 43.5 Å². The van der Waals surface area contributed by atoms with Crippen molar-refractivity contribution in [1.29, 1.82) is 0 Å². The van der Waals surface area contributed by atoms with Gasteiger partial charge in [0.25, 0.3) is 11.7 Å². The number of hydrogen-bond acceptors (Lipinski definition) is 6. The Morgan fingerprint density at radius 3 is 2.37 bits per heavy atom. The number of carbonyl (C=O) groups is 2. The smallest absolute Gasteiger partial charge is 0.300 e. The number of carbonyl (C=O) groups excluding carboxylic acids is 2. The fourth-order valence-corrected chi connectivity index (χ4v) is 4.30. The van der Waals surface area contributed by atoms with E-state index in [1.165, 1.54) is 37.7 Å². The molecule has 2 aromatic carbocycles. The summed E-state index contributed by atoms with van der Waals surface area (Å²) in [5.74, 6) is -2.07. The van der Waals surface area contributed by atoms with Gasteiger partial charge in [-0.3, -0.25) is 19.5 Å². The predicted octanol–water partition coefficient (Wildman–Crippen LogP) is 5.37. The number of methoxy groups -OCH3 is 1. The maximum atomic E-state index is 13.4. The second kappa shape index (κ2) is 9.07. The number of halogens is 1. The maximum absolute atomic E-state index is 13.4. The molecule has 1 unspecified atom stereocenters. The largest absolute Gasteiger partial charge is 0.507 e. The first-order chi connectivity index (χ1) is 16.5. The van der Waals surface area contributed by atoms with Crippen LogP contribution in [0.2, 0.25) is 5.02 Å². The molecule has 180 valence electrons. The van der Waals surface area contributed by atoms with Crippen LogP contribution in [-0.4, -0.2) is 34.0 Å². The van der Waals surface area contributed by atoms with Gasteiger partial charge >= 0.3 is 0 Å².